The maximum atomic E-state index is 11.3. The molecule has 0 aromatic heterocycles. The summed E-state index contributed by atoms with van der Waals surface area (Å²) in [6.45, 7) is 1.31. The van der Waals surface area contributed by atoms with E-state index in [1.807, 2.05) is 0 Å². The molecule has 1 fully saturated rings. The Labute approximate surface area is 88.8 Å². The minimum Gasteiger partial charge on any atom is -0.481 e. The van der Waals surface area contributed by atoms with Gasteiger partial charge >= 0.3 is 5.97 Å². The van der Waals surface area contributed by atoms with Gasteiger partial charge in [0.25, 0.3) is 0 Å². The van der Waals surface area contributed by atoms with Gasteiger partial charge in [0.1, 0.15) is 0 Å². The molecule has 1 saturated heterocycles. The van der Waals surface area contributed by atoms with Gasteiger partial charge in [-0.05, 0) is 19.3 Å². The van der Waals surface area contributed by atoms with Crippen molar-refractivity contribution in [2.75, 3.05) is 13.2 Å². The molecule has 1 atom stereocenters. The lowest BCUT2D eigenvalue weighted by Gasteiger charge is -2.09. The van der Waals surface area contributed by atoms with E-state index in [0.29, 0.717) is 32.5 Å². The first-order chi connectivity index (χ1) is 7.18. The molecular formula is C10H17NO4. The quantitative estimate of drug-likeness (QED) is 0.634. The van der Waals surface area contributed by atoms with Crippen LogP contribution in [0.4, 0.5) is 0 Å². The van der Waals surface area contributed by atoms with Crippen LogP contribution in [0.5, 0.6) is 0 Å². The highest BCUT2D eigenvalue weighted by molar-refractivity contribution is 5.76. The monoisotopic (exact) mass is 215 g/mol. The number of carbonyl (C=O) groups excluding carboxylic acids is 1. The van der Waals surface area contributed by atoms with E-state index < -0.39 is 5.97 Å². The summed E-state index contributed by atoms with van der Waals surface area (Å²) in [6, 6.07) is 0.150. The number of unbranched alkanes of at least 4 members (excludes halogenated alkanes) is 1. The van der Waals surface area contributed by atoms with Crippen LogP contribution in [0, 0.1) is 0 Å². The fraction of sp³-hybridized carbons (Fsp3) is 0.800. The van der Waals surface area contributed by atoms with Crippen LogP contribution in [-0.4, -0.2) is 36.2 Å². The van der Waals surface area contributed by atoms with Gasteiger partial charge < -0.3 is 15.2 Å². The summed E-state index contributed by atoms with van der Waals surface area (Å²) in [5, 5.41) is 11.2. The lowest BCUT2D eigenvalue weighted by atomic mass is 10.1. The molecule has 1 aliphatic heterocycles. The van der Waals surface area contributed by atoms with Crippen LogP contribution in [0.25, 0.3) is 0 Å². The van der Waals surface area contributed by atoms with E-state index in [4.69, 9.17) is 9.84 Å². The van der Waals surface area contributed by atoms with Gasteiger partial charge in [-0.3, -0.25) is 9.59 Å². The minimum absolute atomic E-state index is 0.00381. The summed E-state index contributed by atoms with van der Waals surface area (Å²) in [6.07, 6.45) is 2.61. The maximum Gasteiger partial charge on any atom is 0.303 e. The van der Waals surface area contributed by atoms with Crippen molar-refractivity contribution in [2.24, 2.45) is 0 Å². The number of nitrogens with one attached hydrogen (secondary N) is 1. The Morgan fingerprint density at radius 3 is 2.67 bits per heavy atom. The average molecular weight is 215 g/mol. The molecule has 0 aromatic carbocycles. The highest BCUT2D eigenvalue weighted by Gasteiger charge is 2.17. The van der Waals surface area contributed by atoms with Crippen LogP contribution in [0.3, 0.4) is 0 Å². The molecule has 5 heteroatoms. The lowest BCUT2D eigenvalue weighted by molar-refractivity contribution is -0.137. The summed E-state index contributed by atoms with van der Waals surface area (Å²) in [7, 11) is 0. The molecule has 0 spiro atoms. The molecule has 2 N–H and O–H groups in total. The Bertz CT molecular complexity index is 223. The summed E-state index contributed by atoms with van der Waals surface area (Å²) in [4.78, 5) is 21.5. The molecule has 1 heterocycles. The van der Waals surface area contributed by atoms with Crippen molar-refractivity contribution in [3.05, 3.63) is 0 Å². The third-order valence-electron chi connectivity index (χ3n) is 2.34. The molecule has 5 nitrogen and oxygen atoms in total. The predicted octanol–water partition coefficient (Wildman–Crippen LogP) is 0.536. The van der Waals surface area contributed by atoms with Crippen molar-refractivity contribution in [1.29, 1.82) is 0 Å². The highest BCUT2D eigenvalue weighted by atomic mass is 16.5. The van der Waals surface area contributed by atoms with Crippen molar-refractivity contribution in [3.63, 3.8) is 0 Å². The molecule has 0 bridgehead atoms. The molecule has 1 rings (SSSR count). The van der Waals surface area contributed by atoms with Crippen LogP contribution in [0.1, 0.15) is 32.1 Å². The van der Waals surface area contributed by atoms with E-state index in [1.54, 1.807) is 0 Å². The van der Waals surface area contributed by atoms with Crippen molar-refractivity contribution < 1.29 is 19.4 Å². The first-order valence-electron chi connectivity index (χ1n) is 5.27. The number of amides is 1. The topological polar surface area (TPSA) is 75.6 Å². The van der Waals surface area contributed by atoms with Gasteiger partial charge in [-0.25, -0.2) is 0 Å². The normalized spacial score (nSPS) is 20.1. The molecule has 1 amide bonds. The first-order valence-corrected chi connectivity index (χ1v) is 5.27. The molecular weight excluding hydrogens is 198 g/mol. The Hall–Kier alpha value is -1.10. The second-order valence-electron chi connectivity index (χ2n) is 3.73. The smallest absolute Gasteiger partial charge is 0.303 e. The molecule has 1 unspecified atom stereocenters. The second-order valence-corrected chi connectivity index (χ2v) is 3.73. The molecule has 86 valence electrons. The van der Waals surface area contributed by atoms with E-state index in [0.717, 1.165) is 6.42 Å². The number of carbonyl (C=O) groups is 2. The summed E-state index contributed by atoms with van der Waals surface area (Å²) < 4.78 is 5.12. The molecule has 0 aliphatic carbocycles. The van der Waals surface area contributed by atoms with Gasteiger partial charge in [0.05, 0.1) is 12.6 Å². The third-order valence-corrected chi connectivity index (χ3v) is 2.34. The second kappa shape index (κ2) is 6.40. The number of carboxylic acid groups (broad SMARTS) is 1. The van der Waals surface area contributed by atoms with Gasteiger partial charge in [-0.2, -0.15) is 0 Å². The first kappa shape index (κ1) is 12.0. The van der Waals surface area contributed by atoms with Crippen LogP contribution in [0.2, 0.25) is 0 Å². The van der Waals surface area contributed by atoms with E-state index in [9.17, 15) is 9.59 Å². The van der Waals surface area contributed by atoms with E-state index in [-0.39, 0.29) is 18.4 Å². The average Bonchev–Trinajstić information content (AvgIpc) is 2.64. The SMILES string of the molecule is O=C(O)CCCCC(=O)NC1CCOC1. The zero-order valence-electron chi connectivity index (χ0n) is 8.70. The molecule has 15 heavy (non-hydrogen) atoms. The summed E-state index contributed by atoms with van der Waals surface area (Å²) >= 11 is 0. The van der Waals surface area contributed by atoms with Crippen molar-refractivity contribution >= 4 is 11.9 Å². The number of rotatable bonds is 6. The summed E-state index contributed by atoms with van der Waals surface area (Å²) in [5.41, 5.74) is 0. The van der Waals surface area contributed by atoms with E-state index >= 15 is 0 Å². The van der Waals surface area contributed by atoms with Crippen LogP contribution >= 0.6 is 0 Å². The van der Waals surface area contributed by atoms with Crippen LogP contribution in [0.15, 0.2) is 0 Å². The van der Waals surface area contributed by atoms with Crippen molar-refractivity contribution in [3.8, 4) is 0 Å². The molecule has 0 aromatic rings. The Morgan fingerprint density at radius 2 is 2.07 bits per heavy atom. The maximum absolute atomic E-state index is 11.3. The van der Waals surface area contributed by atoms with E-state index in [1.165, 1.54) is 0 Å². The van der Waals surface area contributed by atoms with Gasteiger partial charge in [-0.1, -0.05) is 0 Å². The highest BCUT2D eigenvalue weighted by Crippen LogP contribution is 2.05. The number of hydrogen-bond donors (Lipinski definition) is 2. The standard InChI is InChI=1S/C10H17NO4/c12-9(3-1-2-4-10(13)14)11-8-5-6-15-7-8/h8H,1-7H2,(H,11,12)(H,13,14). The van der Waals surface area contributed by atoms with Gasteiger partial charge in [0, 0.05) is 19.4 Å². The number of ether oxygens (including phenoxy) is 1. The van der Waals surface area contributed by atoms with Gasteiger partial charge in [0.2, 0.25) is 5.91 Å². The van der Waals surface area contributed by atoms with Gasteiger partial charge in [0.15, 0.2) is 0 Å². The Balaban J connectivity index is 2.00. The number of hydrogen-bond acceptors (Lipinski definition) is 3. The Kier molecular flexibility index (Phi) is 5.10. The van der Waals surface area contributed by atoms with Crippen LogP contribution in [-0.2, 0) is 14.3 Å². The molecule has 1 aliphatic rings. The van der Waals surface area contributed by atoms with E-state index in [2.05, 4.69) is 5.32 Å². The Morgan fingerprint density at radius 1 is 1.33 bits per heavy atom. The minimum atomic E-state index is -0.806. The zero-order chi connectivity index (χ0) is 11.1. The fourth-order valence-corrected chi connectivity index (χ4v) is 1.51. The van der Waals surface area contributed by atoms with Crippen molar-refractivity contribution in [2.45, 2.75) is 38.1 Å². The largest absolute Gasteiger partial charge is 0.481 e. The number of aliphatic carboxylic acids is 1. The third kappa shape index (κ3) is 5.37. The van der Waals surface area contributed by atoms with Crippen molar-refractivity contribution in [1.82, 2.24) is 5.32 Å². The predicted molar refractivity (Wildman–Crippen MR) is 53.5 cm³/mol. The molecule has 0 radical (unpaired) electrons. The fourth-order valence-electron chi connectivity index (χ4n) is 1.51. The molecule has 0 saturated carbocycles. The van der Waals surface area contributed by atoms with Crippen LogP contribution < -0.4 is 5.32 Å². The lowest BCUT2D eigenvalue weighted by Crippen LogP contribution is -2.34. The van der Waals surface area contributed by atoms with Gasteiger partial charge in [-0.15, -0.1) is 0 Å². The summed E-state index contributed by atoms with van der Waals surface area (Å²) in [5.74, 6) is -0.810. The zero-order valence-corrected chi connectivity index (χ0v) is 8.70. The number of carboxylic acids is 1.